The second-order valence-corrected chi connectivity index (χ2v) is 3.84. The van der Waals surface area contributed by atoms with Crippen molar-refractivity contribution in [2.75, 3.05) is 0 Å². The van der Waals surface area contributed by atoms with Gasteiger partial charge in [-0.25, -0.2) is 0 Å². The monoisotopic (exact) mass is 198 g/mol. The van der Waals surface area contributed by atoms with Crippen LogP contribution in [-0.2, 0) is 0 Å². The average Bonchev–Trinajstić information content (AvgIpc) is 2.08. The molecule has 0 rings (SSSR count). The summed E-state index contributed by atoms with van der Waals surface area (Å²) in [4.78, 5) is 0. The number of hydrogen-bond acceptors (Lipinski definition) is 2. The first kappa shape index (κ1) is 13.5. The molecule has 0 amide bonds. The second-order valence-electron chi connectivity index (χ2n) is 3.84. The van der Waals surface area contributed by atoms with Crippen LogP contribution in [0.1, 0.15) is 52.4 Å². The molecule has 2 atom stereocenters. The first-order chi connectivity index (χ1) is 6.63. The van der Waals surface area contributed by atoms with Crippen LogP contribution in [0.25, 0.3) is 0 Å². The van der Waals surface area contributed by atoms with E-state index in [1.54, 1.807) is 13.8 Å². The maximum atomic E-state index is 8.98. The van der Waals surface area contributed by atoms with Gasteiger partial charge in [-0.15, -0.1) is 11.8 Å². The molecular formula is C12H22O2. The molecule has 0 heterocycles. The molecule has 14 heavy (non-hydrogen) atoms. The molecule has 0 saturated heterocycles. The van der Waals surface area contributed by atoms with Gasteiger partial charge in [-0.2, -0.15) is 0 Å². The van der Waals surface area contributed by atoms with E-state index in [2.05, 4.69) is 11.8 Å². The minimum absolute atomic E-state index is 0.202. The molecule has 0 aliphatic heterocycles. The van der Waals surface area contributed by atoms with E-state index in [4.69, 9.17) is 10.2 Å². The molecule has 0 aliphatic rings. The van der Waals surface area contributed by atoms with Gasteiger partial charge in [-0.1, -0.05) is 0 Å². The molecule has 0 aromatic carbocycles. The molecule has 0 aliphatic carbocycles. The van der Waals surface area contributed by atoms with Gasteiger partial charge in [0.15, 0.2) is 0 Å². The van der Waals surface area contributed by atoms with E-state index in [9.17, 15) is 0 Å². The Bertz CT molecular complexity index is 156. The van der Waals surface area contributed by atoms with E-state index >= 15 is 0 Å². The van der Waals surface area contributed by atoms with Crippen molar-refractivity contribution in [2.24, 2.45) is 0 Å². The van der Waals surface area contributed by atoms with Crippen LogP contribution >= 0.6 is 0 Å². The number of unbranched alkanes of at least 4 members (excludes halogenated alkanes) is 2. The second kappa shape index (κ2) is 9.05. The summed E-state index contributed by atoms with van der Waals surface area (Å²) in [6.07, 6.45) is 4.96. The summed E-state index contributed by atoms with van der Waals surface area (Å²) in [5, 5.41) is 18.0. The Morgan fingerprint density at radius 2 is 1.21 bits per heavy atom. The predicted octanol–water partition coefficient (Wildman–Crippen LogP) is 2.09. The Morgan fingerprint density at radius 3 is 1.50 bits per heavy atom. The molecule has 0 fully saturated rings. The summed E-state index contributed by atoms with van der Waals surface area (Å²) in [5.74, 6) is 6.14. The average molecular weight is 198 g/mol. The van der Waals surface area contributed by atoms with Gasteiger partial charge in [-0.3, -0.25) is 0 Å². The van der Waals surface area contributed by atoms with Crippen molar-refractivity contribution in [3.63, 3.8) is 0 Å². The molecule has 82 valence electrons. The molecule has 0 bridgehead atoms. The highest BCUT2D eigenvalue weighted by atomic mass is 16.3. The Labute approximate surface area is 87.3 Å². The van der Waals surface area contributed by atoms with Crippen LogP contribution in [0.4, 0.5) is 0 Å². The molecule has 0 spiro atoms. The van der Waals surface area contributed by atoms with Gasteiger partial charge in [0, 0.05) is 12.8 Å². The van der Waals surface area contributed by atoms with E-state index < -0.39 is 0 Å². The molecule has 2 nitrogen and oxygen atoms in total. The highest BCUT2D eigenvalue weighted by Gasteiger charge is 1.93. The van der Waals surface area contributed by atoms with E-state index in [1.165, 1.54) is 0 Å². The fourth-order valence-electron chi connectivity index (χ4n) is 1.15. The minimum atomic E-state index is -0.202. The highest BCUT2D eigenvalue weighted by molar-refractivity contribution is 4.98. The molecule has 2 N–H and O–H groups in total. The number of aliphatic hydroxyl groups excluding tert-OH is 2. The van der Waals surface area contributed by atoms with Crippen molar-refractivity contribution >= 4 is 0 Å². The van der Waals surface area contributed by atoms with Crippen LogP contribution in [0, 0.1) is 11.8 Å². The first-order valence-corrected chi connectivity index (χ1v) is 5.44. The normalized spacial score (nSPS) is 14.3. The van der Waals surface area contributed by atoms with Gasteiger partial charge in [0.25, 0.3) is 0 Å². The quantitative estimate of drug-likeness (QED) is 0.507. The molecule has 2 heteroatoms. The summed E-state index contributed by atoms with van der Waals surface area (Å²) in [7, 11) is 0. The van der Waals surface area contributed by atoms with Crippen molar-refractivity contribution in [1.82, 2.24) is 0 Å². The van der Waals surface area contributed by atoms with Crippen LogP contribution in [0.2, 0.25) is 0 Å². The van der Waals surface area contributed by atoms with Gasteiger partial charge in [0.2, 0.25) is 0 Å². The Morgan fingerprint density at radius 1 is 0.857 bits per heavy atom. The smallest absolute Gasteiger partial charge is 0.0512 e. The van der Waals surface area contributed by atoms with E-state index in [1.807, 2.05) is 0 Å². The van der Waals surface area contributed by atoms with Gasteiger partial charge in [0.1, 0.15) is 0 Å². The van der Waals surface area contributed by atoms with E-state index in [0.717, 1.165) is 38.5 Å². The number of aliphatic hydroxyl groups is 2. The third-order valence-corrected chi connectivity index (χ3v) is 1.97. The summed E-state index contributed by atoms with van der Waals surface area (Å²) in [6, 6.07) is 0. The van der Waals surface area contributed by atoms with E-state index in [-0.39, 0.29) is 12.2 Å². The zero-order valence-corrected chi connectivity index (χ0v) is 9.29. The van der Waals surface area contributed by atoms with Crippen LogP contribution in [0.3, 0.4) is 0 Å². The van der Waals surface area contributed by atoms with Crippen molar-refractivity contribution in [2.45, 2.75) is 64.6 Å². The lowest BCUT2D eigenvalue weighted by Gasteiger charge is -1.99. The molecule has 0 aromatic heterocycles. The van der Waals surface area contributed by atoms with Crippen molar-refractivity contribution in [3.05, 3.63) is 0 Å². The maximum Gasteiger partial charge on any atom is 0.0512 e. The van der Waals surface area contributed by atoms with Crippen LogP contribution in [0.5, 0.6) is 0 Å². The summed E-state index contributed by atoms with van der Waals surface area (Å²) >= 11 is 0. The zero-order valence-electron chi connectivity index (χ0n) is 9.29. The van der Waals surface area contributed by atoms with Crippen molar-refractivity contribution < 1.29 is 10.2 Å². The van der Waals surface area contributed by atoms with Gasteiger partial charge >= 0.3 is 0 Å². The molecule has 2 unspecified atom stereocenters. The maximum absolute atomic E-state index is 8.98. The lowest BCUT2D eigenvalue weighted by molar-refractivity contribution is 0.181. The Kier molecular flexibility index (Phi) is 8.72. The summed E-state index contributed by atoms with van der Waals surface area (Å²) in [5.41, 5.74) is 0. The Hall–Kier alpha value is -0.520. The van der Waals surface area contributed by atoms with Crippen LogP contribution < -0.4 is 0 Å². The molecule has 0 aromatic rings. The van der Waals surface area contributed by atoms with Crippen LogP contribution in [0.15, 0.2) is 0 Å². The lowest BCUT2D eigenvalue weighted by Crippen LogP contribution is -1.98. The molecular weight excluding hydrogens is 176 g/mol. The van der Waals surface area contributed by atoms with Gasteiger partial charge in [-0.05, 0) is 39.5 Å². The lowest BCUT2D eigenvalue weighted by atomic mass is 10.1. The number of hydrogen-bond donors (Lipinski definition) is 2. The topological polar surface area (TPSA) is 40.5 Å². The minimum Gasteiger partial charge on any atom is -0.393 e. The SMILES string of the molecule is CC(O)CCCC#CCCCC(C)O. The fraction of sp³-hybridized carbons (Fsp3) is 0.833. The van der Waals surface area contributed by atoms with Crippen LogP contribution in [-0.4, -0.2) is 22.4 Å². The van der Waals surface area contributed by atoms with Gasteiger partial charge < -0.3 is 10.2 Å². The first-order valence-electron chi connectivity index (χ1n) is 5.44. The van der Waals surface area contributed by atoms with E-state index in [0.29, 0.717) is 0 Å². The predicted molar refractivity (Wildman–Crippen MR) is 58.8 cm³/mol. The molecule has 0 radical (unpaired) electrons. The summed E-state index contributed by atoms with van der Waals surface area (Å²) < 4.78 is 0. The summed E-state index contributed by atoms with van der Waals surface area (Å²) in [6.45, 7) is 3.60. The highest BCUT2D eigenvalue weighted by Crippen LogP contribution is 2.00. The molecule has 0 saturated carbocycles. The third kappa shape index (κ3) is 11.5. The zero-order chi connectivity index (χ0) is 10.8. The Balaban J connectivity index is 3.19. The third-order valence-electron chi connectivity index (χ3n) is 1.97. The van der Waals surface area contributed by atoms with Crippen molar-refractivity contribution in [3.8, 4) is 11.8 Å². The fourth-order valence-corrected chi connectivity index (χ4v) is 1.15. The van der Waals surface area contributed by atoms with Gasteiger partial charge in [0.05, 0.1) is 12.2 Å². The standard InChI is InChI=1S/C12H22O2/c1-11(13)9-7-5-3-4-6-8-10-12(2)14/h11-14H,5-10H2,1-2H3. The largest absolute Gasteiger partial charge is 0.393 e. The van der Waals surface area contributed by atoms with Crippen molar-refractivity contribution in [1.29, 1.82) is 0 Å². The number of rotatable bonds is 6.